The average Bonchev–Trinajstić information content (AvgIpc) is 3.02. The number of nitrogen functional groups attached to an aromatic ring is 1. The van der Waals surface area contributed by atoms with Crippen LogP contribution in [0.1, 0.15) is 22.0 Å². The van der Waals surface area contributed by atoms with Crippen molar-refractivity contribution in [2.75, 3.05) is 5.73 Å². The van der Waals surface area contributed by atoms with Gasteiger partial charge in [-0.05, 0) is 37.3 Å². The fraction of sp³-hybridized carbons (Fsp3) is 0.143. The number of furan rings is 1. The first-order chi connectivity index (χ1) is 9.63. The third-order valence-electron chi connectivity index (χ3n) is 3.02. The lowest BCUT2D eigenvalue weighted by Crippen LogP contribution is -2.23. The van der Waals surface area contributed by atoms with Gasteiger partial charge in [0, 0.05) is 11.1 Å². The van der Waals surface area contributed by atoms with Gasteiger partial charge in [0.2, 0.25) is 0 Å². The summed E-state index contributed by atoms with van der Waals surface area (Å²) in [5, 5.41) is 10.3. The molecule has 0 fully saturated rings. The van der Waals surface area contributed by atoms with Gasteiger partial charge in [0.05, 0.1) is 12.1 Å². The molecular formula is C14H14N4O2. The number of aryl methyl sites for hydroxylation is 1. The summed E-state index contributed by atoms with van der Waals surface area (Å²) in [5.74, 6) is 1.25. The highest BCUT2D eigenvalue weighted by molar-refractivity contribution is 6.05. The highest BCUT2D eigenvalue weighted by atomic mass is 16.3. The number of carbonyl (C=O) groups is 1. The molecule has 0 bridgehead atoms. The quantitative estimate of drug-likeness (QED) is 0.634. The van der Waals surface area contributed by atoms with Crippen LogP contribution in [0.4, 0.5) is 5.69 Å². The Balaban J connectivity index is 1.80. The zero-order chi connectivity index (χ0) is 14.1. The van der Waals surface area contributed by atoms with Crippen LogP contribution in [0.5, 0.6) is 0 Å². The summed E-state index contributed by atoms with van der Waals surface area (Å²) >= 11 is 0. The summed E-state index contributed by atoms with van der Waals surface area (Å²) in [6, 6.07) is 8.96. The van der Waals surface area contributed by atoms with Crippen LogP contribution in [0.3, 0.4) is 0 Å². The smallest absolute Gasteiger partial charge is 0.272 e. The molecule has 0 radical (unpaired) electrons. The zero-order valence-corrected chi connectivity index (χ0v) is 10.9. The molecule has 0 unspecified atom stereocenters. The molecule has 0 atom stereocenters. The zero-order valence-electron chi connectivity index (χ0n) is 10.9. The van der Waals surface area contributed by atoms with E-state index in [0.717, 1.165) is 11.3 Å². The van der Waals surface area contributed by atoms with Crippen molar-refractivity contribution in [3.63, 3.8) is 0 Å². The Bertz CT molecular complexity index is 772. The number of amides is 1. The van der Waals surface area contributed by atoms with Gasteiger partial charge in [0.15, 0.2) is 5.69 Å². The molecule has 1 aromatic carbocycles. The van der Waals surface area contributed by atoms with Crippen molar-refractivity contribution in [1.82, 2.24) is 15.5 Å². The normalized spacial score (nSPS) is 10.8. The first kappa shape index (κ1) is 12.3. The third kappa shape index (κ3) is 2.23. The van der Waals surface area contributed by atoms with Crippen molar-refractivity contribution in [3.05, 3.63) is 47.5 Å². The molecule has 6 heteroatoms. The summed E-state index contributed by atoms with van der Waals surface area (Å²) in [7, 11) is 0. The first-order valence-electron chi connectivity index (χ1n) is 6.20. The van der Waals surface area contributed by atoms with Crippen LogP contribution in [0.2, 0.25) is 0 Å². The number of rotatable bonds is 3. The molecule has 0 saturated heterocycles. The molecule has 102 valence electrons. The molecule has 0 saturated carbocycles. The number of nitrogens with one attached hydrogen (secondary N) is 2. The van der Waals surface area contributed by atoms with Crippen LogP contribution < -0.4 is 11.1 Å². The van der Waals surface area contributed by atoms with Gasteiger partial charge in [-0.15, -0.1) is 0 Å². The van der Waals surface area contributed by atoms with E-state index in [2.05, 4.69) is 15.5 Å². The highest BCUT2D eigenvalue weighted by Gasteiger charge is 2.14. The van der Waals surface area contributed by atoms with Gasteiger partial charge in [-0.2, -0.15) is 5.10 Å². The van der Waals surface area contributed by atoms with Crippen molar-refractivity contribution in [2.45, 2.75) is 13.5 Å². The van der Waals surface area contributed by atoms with Crippen LogP contribution >= 0.6 is 0 Å². The summed E-state index contributed by atoms with van der Waals surface area (Å²) in [4.78, 5) is 12.1. The van der Waals surface area contributed by atoms with E-state index in [4.69, 9.17) is 10.2 Å². The average molecular weight is 270 g/mol. The molecule has 0 aliphatic heterocycles. The highest BCUT2D eigenvalue weighted by Crippen LogP contribution is 2.19. The van der Waals surface area contributed by atoms with E-state index in [9.17, 15) is 4.79 Å². The minimum absolute atomic E-state index is 0.268. The fourth-order valence-electron chi connectivity index (χ4n) is 2.04. The fourth-order valence-corrected chi connectivity index (χ4v) is 2.04. The van der Waals surface area contributed by atoms with E-state index >= 15 is 0 Å². The van der Waals surface area contributed by atoms with Crippen molar-refractivity contribution < 1.29 is 9.21 Å². The number of aromatic amines is 1. The SMILES string of the molecule is Cc1ccc(CNC(=O)c2n[nH]c3ccc(N)cc23)o1. The number of nitrogens with zero attached hydrogens (tertiary/aromatic N) is 1. The summed E-state index contributed by atoms with van der Waals surface area (Å²) in [6.45, 7) is 2.18. The predicted molar refractivity (Wildman–Crippen MR) is 75.1 cm³/mol. The molecule has 0 aliphatic rings. The van der Waals surface area contributed by atoms with Crippen molar-refractivity contribution in [3.8, 4) is 0 Å². The van der Waals surface area contributed by atoms with Crippen LogP contribution in [-0.2, 0) is 6.54 Å². The maximum absolute atomic E-state index is 12.1. The Morgan fingerprint density at radius 2 is 2.25 bits per heavy atom. The first-order valence-corrected chi connectivity index (χ1v) is 6.20. The molecule has 1 amide bonds. The molecule has 6 nitrogen and oxygen atoms in total. The van der Waals surface area contributed by atoms with Gasteiger partial charge in [-0.25, -0.2) is 0 Å². The van der Waals surface area contributed by atoms with Crippen LogP contribution in [-0.4, -0.2) is 16.1 Å². The van der Waals surface area contributed by atoms with E-state index < -0.39 is 0 Å². The monoisotopic (exact) mass is 270 g/mol. The van der Waals surface area contributed by atoms with Gasteiger partial charge >= 0.3 is 0 Å². The van der Waals surface area contributed by atoms with Crippen molar-refractivity contribution >= 4 is 22.5 Å². The molecule has 4 N–H and O–H groups in total. The minimum Gasteiger partial charge on any atom is -0.465 e. The van der Waals surface area contributed by atoms with Crippen LogP contribution in [0, 0.1) is 6.92 Å². The Hall–Kier alpha value is -2.76. The van der Waals surface area contributed by atoms with Crippen molar-refractivity contribution in [1.29, 1.82) is 0 Å². The summed E-state index contributed by atoms with van der Waals surface area (Å²) in [6.07, 6.45) is 0. The van der Waals surface area contributed by atoms with E-state index in [0.29, 0.717) is 29.1 Å². The lowest BCUT2D eigenvalue weighted by atomic mass is 10.2. The number of H-pyrrole nitrogens is 1. The molecule has 3 rings (SSSR count). The molecule has 0 aliphatic carbocycles. The van der Waals surface area contributed by atoms with E-state index in [1.165, 1.54) is 0 Å². The molecule has 2 heterocycles. The van der Waals surface area contributed by atoms with Gasteiger partial charge < -0.3 is 15.5 Å². The lowest BCUT2D eigenvalue weighted by molar-refractivity contribution is 0.0944. The van der Waals surface area contributed by atoms with E-state index in [-0.39, 0.29) is 5.91 Å². The second-order valence-electron chi connectivity index (χ2n) is 4.57. The number of fused-ring (bicyclic) bond motifs is 1. The Kier molecular flexibility index (Phi) is 2.90. The van der Waals surface area contributed by atoms with Gasteiger partial charge in [0.1, 0.15) is 11.5 Å². The number of nitrogens with two attached hydrogens (primary N) is 1. The van der Waals surface area contributed by atoms with Crippen LogP contribution in [0.15, 0.2) is 34.7 Å². The number of hydrogen-bond donors (Lipinski definition) is 3. The predicted octanol–water partition coefficient (Wildman–Crippen LogP) is 1.98. The van der Waals surface area contributed by atoms with Gasteiger partial charge in [-0.1, -0.05) is 0 Å². The number of carbonyl (C=O) groups excluding carboxylic acids is 1. The second kappa shape index (κ2) is 4.73. The Labute approximate surface area is 115 Å². The third-order valence-corrected chi connectivity index (χ3v) is 3.02. The van der Waals surface area contributed by atoms with Crippen LogP contribution in [0.25, 0.3) is 10.9 Å². The lowest BCUT2D eigenvalue weighted by Gasteiger charge is -2.01. The Morgan fingerprint density at radius 1 is 1.40 bits per heavy atom. The molecule has 0 spiro atoms. The Morgan fingerprint density at radius 3 is 3.00 bits per heavy atom. The number of aromatic nitrogens is 2. The topological polar surface area (TPSA) is 96.9 Å². The number of benzene rings is 1. The van der Waals surface area contributed by atoms with Gasteiger partial charge in [0.25, 0.3) is 5.91 Å². The molecule has 20 heavy (non-hydrogen) atoms. The maximum atomic E-state index is 12.1. The second-order valence-corrected chi connectivity index (χ2v) is 4.57. The minimum atomic E-state index is -0.268. The van der Waals surface area contributed by atoms with Crippen molar-refractivity contribution in [2.24, 2.45) is 0 Å². The largest absolute Gasteiger partial charge is 0.465 e. The molecule has 3 aromatic rings. The van der Waals surface area contributed by atoms with E-state index in [1.54, 1.807) is 18.2 Å². The number of anilines is 1. The summed E-state index contributed by atoms with van der Waals surface area (Å²) < 4.78 is 5.39. The maximum Gasteiger partial charge on any atom is 0.272 e. The summed E-state index contributed by atoms with van der Waals surface area (Å²) in [5.41, 5.74) is 7.43. The molecule has 2 aromatic heterocycles. The van der Waals surface area contributed by atoms with Gasteiger partial charge in [-0.3, -0.25) is 9.89 Å². The van der Waals surface area contributed by atoms with E-state index in [1.807, 2.05) is 19.1 Å². The molecular weight excluding hydrogens is 256 g/mol. The standard InChI is InChI=1S/C14H14N4O2/c1-8-2-4-10(20-8)7-16-14(19)13-11-6-9(15)3-5-12(11)17-18-13/h2-6H,7,15H2,1H3,(H,16,19)(H,17,18). The number of hydrogen-bond acceptors (Lipinski definition) is 4.